The lowest BCUT2D eigenvalue weighted by molar-refractivity contribution is -0.289. The van der Waals surface area contributed by atoms with Gasteiger partial charge in [0.2, 0.25) is 5.89 Å². The second-order valence-electron chi connectivity index (χ2n) is 8.37. The standard InChI is InChI=1S/C24H15BrF5N5O4S/c1-2-40(37,38)18-8-9-19(35-22(36)34(12-31-35)15-5-3-4-14(25)11-15)33-20(18)21-32-16-10-13(6-7-17(16)39-21)23(26,27)24(28,29)30/h3-12H,2H2,1H3. The largest absolute Gasteiger partial charge is 0.458 e. The van der Waals surface area contributed by atoms with E-state index in [-0.39, 0.29) is 33.3 Å². The van der Waals surface area contributed by atoms with Crippen LogP contribution in [0.5, 0.6) is 0 Å². The Morgan fingerprint density at radius 1 is 1.00 bits per heavy atom. The van der Waals surface area contributed by atoms with Gasteiger partial charge in [-0.25, -0.2) is 27.7 Å². The number of hydrogen-bond donors (Lipinski definition) is 0. The van der Waals surface area contributed by atoms with Crippen molar-refractivity contribution in [2.45, 2.75) is 23.9 Å². The van der Waals surface area contributed by atoms with Crippen molar-refractivity contribution in [2.24, 2.45) is 0 Å². The first-order valence-corrected chi connectivity index (χ1v) is 13.7. The fourth-order valence-corrected chi connectivity index (χ4v) is 5.17. The lowest BCUT2D eigenvalue weighted by atomic mass is 10.1. The van der Waals surface area contributed by atoms with E-state index in [0.29, 0.717) is 22.3 Å². The molecule has 9 nitrogen and oxygen atoms in total. The average molecular weight is 644 g/mol. The van der Waals surface area contributed by atoms with Gasteiger partial charge in [-0.1, -0.05) is 28.9 Å². The lowest BCUT2D eigenvalue weighted by Crippen LogP contribution is -2.33. The number of fused-ring (bicyclic) bond motifs is 1. The number of pyridine rings is 1. The van der Waals surface area contributed by atoms with Crippen LogP contribution < -0.4 is 5.69 Å². The van der Waals surface area contributed by atoms with Crippen LogP contribution in [-0.4, -0.2) is 44.7 Å². The molecule has 0 saturated heterocycles. The normalized spacial score (nSPS) is 12.8. The molecule has 40 heavy (non-hydrogen) atoms. The smallest absolute Gasteiger partial charge is 0.435 e. The minimum atomic E-state index is -5.85. The second kappa shape index (κ2) is 9.62. The van der Waals surface area contributed by atoms with E-state index in [2.05, 4.69) is 31.0 Å². The maximum Gasteiger partial charge on any atom is 0.458 e. The Morgan fingerprint density at radius 2 is 1.75 bits per heavy atom. The third kappa shape index (κ3) is 4.70. The summed E-state index contributed by atoms with van der Waals surface area (Å²) in [5.41, 5.74) is -2.52. The van der Waals surface area contributed by atoms with Crippen molar-refractivity contribution in [3.8, 4) is 23.1 Å². The van der Waals surface area contributed by atoms with E-state index in [1.165, 1.54) is 23.9 Å². The zero-order valence-electron chi connectivity index (χ0n) is 20.0. The molecule has 0 unspecified atom stereocenters. The van der Waals surface area contributed by atoms with Crippen LogP contribution >= 0.6 is 15.9 Å². The molecule has 3 heterocycles. The molecule has 0 atom stereocenters. The number of halogens is 6. The van der Waals surface area contributed by atoms with Crippen molar-refractivity contribution in [3.05, 3.63) is 81.4 Å². The number of sulfone groups is 1. The molecule has 0 saturated carbocycles. The molecule has 0 N–H and O–H groups in total. The predicted octanol–water partition coefficient (Wildman–Crippen LogP) is 5.44. The molecular weight excluding hydrogens is 629 g/mol. The van der Waals surface area contributed by atoms with Crippen molar-refractivity contribution < 1.29 is 34.8 Å². The van der Waals surface area contributed by atoms with E-state index in [4.69, 9.17) is 4.42 Å². The fraction of sp³-hybridized carbons (Fsp3) is 0.167. The molecule has 5 aromatic rings. The Bertz CT molecular complexity index is 1930. The average Bonchev–Trinajstić information content (AvgIpc) is 3.50. The molecule has 0 aliphatic rings. The highest BCUT2D eigenvalue weighted by atomic mass is 79.9. The number of rotatable bonds is 6. The Morgan fingerprint density at radius 3 is 2.42 bits per heavy atom. The number of hydrogen-bond acceptors (Lipinski definition) is 7. The molecule has 16 heteroatoms. The number of benzene rings is 2. The highest BCUT2D eigenvalue weighted by Crippen LogP contribution is 2.44. The molecule has 0 bridgehead atoms. The Labute approximate surface area is 229 Å². The van der Waals surface area contributed by atoms with Crippen LogP contribution in [0.4, 0.5) is 22.0 Å². The molecule has 0 fully saturated rings. The van der Waals surface area contributed by atoms with E-state index in [9.17, 15) is 35.2 Å². The van der Waals surface area contributed by atoms with E-state index < -0.39 is 39.1 Å². The van der Waals surface area contributed by atoms with Gasteiger partial charge in [0.15, 0.2) is 21.2 Å². The zero-order chi connectivity index (χ0) is 29.0. The summed E-state index contributed by atoms with van der Waals surface area (Å²) in [6.45, 7) is 1.37. The summed E-state index contributed by atoms with van der Waals surface area (Å²) in [5.74, 6) is -6.13. The Hall–Kier alpha value is -3.92. The molecule has 5 rings (SSSR count). The van der Waals surface area contributed by atoms with Crippen molar-refractivity contribution >= 4 is 36.9 Å². The molecule has 0 aliphatic carbocycles. The zero-order valence-corrected chi connectivity index (χ0v) is 22.4. The topological polar surface area (TPSA) is 113 Å². The number of nitrogens with zero attached hydrogens (tertiary/aromatic N) is 5. The predicted molar refractivity (Wildman–Crippen MR) is 135 cm³/mol. The van der Waals surface area contributed by atoms with Gasteiger partial charge >= 0.3 is 17.8 Å². The maximum atomic E-state index is 13.9. The molecule has 2 aromatic carbocycles. The van der Waals surface area contributed by atoms with E-state index in [1.807, 2.05) is 0 Å². The van der Waals surface area contributed by atoms with Crippen LogP contribution in [-0.2, 0) is 15.8 Å². The van der Waals surface area contributed by atoms with Gasteiger partial charge in [-0.15, -0.1) is 0 Å². The van der Waals surface area contributed by atoms with Crippen LogP contribution in [0.15, 0.2) is 79.5 Å². The van der Waals surface area contributed by atoms with E-state index in [1.54, 1.807) is 24.3 Å². The van der Waals surface area contributed by atoms with Crippen LogP contribution in [0, 0.1) is 0 Å². The summed E-state index contributed by atoms with van der Waals surface area (Å²) in [6, 6.07) is 11.1. The Balaban J connectivity index is 1.66. The van der Waals surface area contributed by atoms with Crippen LogP contribution in [0.3, 0.4) is 0 Å². The van der Waals surface area contributed by atoms with Crippen molar-refractivity contribution in [1.29, 1.82) is 0 Å². The van der Waals surface area contributed by atoms with Crippen molar-refractivity contribution in [2.75, 3.05) is 5.75 Å². The second-order valence-corrected chi connectivity index (χ2v) is 11.5. The molecule has 0 spiro atoms. The van der Waals surface area contributed by atoms with Gasteiger partial charge in [-0.2, -0.15) is 31.7 Å². The molecule has 0 aliphatic heterocycles. The summed E-state index contributed by atoms with van der Waals surface area (Å²) in [5, 5.41) is 4.04. The Kier molecular flexibility index (Phi) is 6.65. The SMILES string of the molecule is CCS(=O)(=O)c1ccc(-n2ncn(-c3cccc(Br)c3)c2=O)nc1-c1nc2cc(C(F)(F)C(F)(F)F)ccc2o1. The number of aromatic nitrogens is 5. The molecule has 0 amide bonds. The van der Waals surface area contributed by atoms with Gasteiger partial charge in [0.1, 0.15) is 17.5 Å². The number of oxazole rings is 1. The van der Waals surface area contributed by atoms with Gasteiger partial charge in [-0.3, -0.25) is 0 Å². The van der Waals surface area contributed by atoms with Gasteiger partial charge in [0.05, 0.1) is 16.3 Å². The number of alkyl halides is 5. The van der Waals surface area contributed by atoms with Gasteiger partial charge in [0.25, 0.3) is 0 Å². The summed E-state index contributed by atoms with van der Waals surface area (Å²) >= 11 is 3.32. The monoisotopic (exact) mass is 643 g/mol. The third-order valence-electron chi connectivity index (χ3n) is 5.84. The molecule has 0 radical (unpaired) electrons. The summed E-state index contributed by atoms with van der Waals surface area (Å²) in [6.07, 6.45) is -4.62. The summed E-state index contributed by atoms with van der Waals surface area (Å²) in [7, 11) is -3.97. The van der Waals surface area contributed by atoms with Crippen LogP contribution in [0.2, 0.25) is 0 Å². The highest BCUT2D eigenvalue weighted by Gasteiger charge is 2.58. The lowest BCUT2D eigenvalue weighted by Gasteiger charge is -2.19. The first-order chi connectivity index (χ1) is 18.7. The summed E-state index contributed by atoms with van der Waals surface area (Å²) < 4.78 is 100. The van der Waals surface area contributed by atoms with E-state index in [0.717, 1.165) is 16.8 Å². The van der Waals surface area contributed by atoms with Gasteiger partial charge in [-0.05, 0) is 48.5 Å². The minimum absolute atomic E-state index is 0.129. The molecule has 208 valence electrons. The quantitative estimate of drug-likeness (QED) is 0.227. The molecular formula is C24H15BrF5N5O4S. The fourth-order valence-electron chi connectivity index (χ4n) is 3.77. The summed E-state index contributed by atoms with van der Waals surface area (Å²) in [4.78, 5) is 20.9. The third-order valence-corrected chi connectivity index (χ3v) is 8.09. The minimum Gasteiger partial charge on any atom is -0.435 e. The van der Waals surface area contributed by atoms with Crippen LogP contribution in [0.1, 0.15) is 12.5 Å². The van der Waals surface area contributed by atoms with Gasteiger partial charge < -0.3 is 4.42 Å². The van der Waals surface area contributed by atoms with Crippen molar-refractivity contribution in [3.63, 3.8) is 0 Å². The van der Waals surface area contributed by atoms with Crippen LogP contribution in [0.25, 0.3) is 34.2 Å². The van der Waals surface area contributed by atoms with Crippen molar-refractivity contribution in [1.82, 2.24) is 24.3 Å². The van der Waals surface area contributed by atoms with Gasteiger partial charge in [0, 0.05) is 10.0 Å². The maximum absolute atomic E-state index is 13.9. The van der Waals surface area contributed by atoms with E-state index >= 15 is 0 Å². The molecule has 3 aromatic heterocycles. The first-order valence-electron chi connectivity index (χ1n) is 11.3. The first kappa shape index (κ1) is 27.6. The highest BCUT2D eigenvalue weighted by molar-refractivity contribution is 9.10.